The lowest BCUT2D eigenvalue weighted by molar-refractivity contribution is 0.247. The number of halogens is 2. The Balaban J connectivity index is 1.53. The SMILES string of the molecule is Cc1ccccc1NC(=O)NC(Cc1ccccc1)c1nnc(SCc2ccccc2)n1-c1ccc(Cl)cc1Cl. The molecule has 1 unspecified atom stereocenters. The molecule has 0 aliphatic rings. The number of aryl methyl sites for hydroxylation is 1. The van der Waals surface area contributed by atoms with Gasteiger partial charge in [-0.05, 0) is 47.9 Å². The molecule has 0 bridgehead atoms. The van der Waals surface area contributed by atoms with Crippen molar-refractivity contribution in [3.05, 3.63) is 136 Å². The van der Waals surface area contributed by atoms with Crippen molar-refractivity contribution in [2.75, 3.05) is 5.32 Å². The van der Waals surface area contributed by atoms with Gasteiger partial charge in [0.25, 0.3) is 0 Å². The van der Waals surface area contributed by atoms with Gasteiger partial charge in [-0.25, -0.2) is 4.79 Å². The van der Waals surface area contributed by atoms with E-state index in [0.29, 0.717) is 38.9 Å². The number of para-hydroxylation sites is 1. The third-order valence-corrected chi connectivity index (χ3v) is 7.85. The second-order valence-corrected chi connectivity index (χ2v) is 11.0. The minimum atomic E-state index is -0.517. The van der Waals surface area contributed by atoms with E-state index >= 15 is 0 Å². The van der Waals surface area contributed by atoms with Crippen LogP contribution in [-0.4, -0.2) is 20.8 Å². The maximum absolute atomic E-state index is 13.3. The Morgan fingerprint density at radius 3 is 2.25 bits per heavy atom. The van der Waals surface area contributed by atoms with Crippen LogP contribution in [0.3, 0.4) is 0 Å². The first-order chi connectivity index (χ1) is 19.5. The van der Waals surface area contributed by atoms with Crippen molar-refractivity contribution < 1.29 is 4.79 Å². The van der Waals surface area contributed by atoms with Crippen LogP contribution in [0, 0.1) is 6.92 Å². The number of urea groups is 1. The Bertz CT molecular complexity index is 1590. The summed E-state index contributed by atoms with van der Waals surface area (Å²) in [6.45, 7) is 1.95. The number of amides is 2. The highest BCUT2D eigenvalue weighted by molar-refractivity contribution is 7.98. The third-order valence-electron chi connectivity index (χ3n) is 6.31. The summed E-state index contributed by atoms with van der Waals surface area (Å²) in [4.78, 5) is 13.3. The molecule has 40 heavy (non-hydrogen) atoms. The molecule has 0 aliphatic carbocycles. The Labute approximate surface area is 247 Å². The van der Waals surface area contributed by atoms with E-state index in [9.17, 15) is 4.79 Å². The summed E-state index contributed by atoms with van der Waals surface area (Å²) < 4.78 is 1.91. The standard InChI is InChI=1S/C31H27Cl2N5OS/c1-21-10-8-9-15-26(21)34-30(39)35-27(18-22-11-4-2-5-12-22)29-36-37-31(40-20-23-13-6-3-7-14-23)38(29)28-17-16-24(32)19-25(28)33/h2-17,19,27H,18,20H2,1H3,(H2,34,35,39). The lowest BCUT2D eigenvalue weighted by atomic mass is 10.1. The molecule has 0 saturated heterocycles. The van der Waals surface area contributed by atoms with E-state index in [-0.39, 0.29) is 6.03 Å². The number of hydrogen-bond donors (Lipinski definition) is 2. The summed E-state index contributed by atoms with van der Waals surface area (Å²) in [5.41, 5.74) is 4.58. The molecular weight excluding hydrogens is 561 g/mol. The molecule has 1 aromatic heterocycles. The van der Waals surface area contributed by atoms with Crippen LogP contribution in [0.2, 0.25) is 10.0 Å². The van der Waals surface area contributed by atoms with Crippen LogP contribution < -0.4 is 10.6 Å². The molecule has 1 heterocycles. The molecule has 9 heteroatoms. The van der Waals surface area contributed by atoms with E-state index in [4.69, 9.17) is 23.2 Å². The number of aromatic nitrogens is 3. The highest BCUT2D eigenvalue weighted by atomic mass is 35.5. The van der Waals surface area contributed by atoms with E-state index < -0.39 is 6.04 Å². The number of carbonyl (C=O) groups excluding carboxylic acids is 1. The quantitative estimate of drug-likeness (QED) is 0.170. The largest absolute Gasteiger partial charge is 0.327 e. The van der Waals surface area contributed by atoms with Crippen molar-refractivity contribution in [1.29, 1.82) is 0 Å². The minimum Gasteiger partial charge on any atom is -0.327 e. The molecule has 4 aromatic carbocycles. The Morgan fingerprint density at radius 1 is 0.875 bits per heavy atom. The van der Waals surface area contributed by atoms with Crippen LogP contribution in [-0.2, 0) is 12.2 Å². The van der Waals surface area contributed by atoms with Gasteiger partial charge in [-0.1, -0.05) is 114 Å². The maximum atomic E-state index is 13.3. The van der Waals surface area contributed by atoms with Crippen molar-refractivity contribution in [1.82, 2.24) is 20.1 Å². The van der Waals surface area contributed by atoms with Gasteiger partial charge in [-0.3, -0.25) is 4.57 Å². The second-order valence-electron chi connectivity index (χ2n) is 9.20. The number of anilines is 1. The van der Waals surface area contributed by atoms with Crippen molar-refractivity contribution >= 4 is 46.7 Å². The number of nitrogens with one attached hydrogen (secondary N) is 2. The van der Waals surface area contributed by atoms with Gasteiger partial charge < -0.3 is 10.6 Å². The fourth-order valence-corrected chi connectivity index (χ4v) is 5.70. The second kappa shape index (κ2) is 13.0. The van der Waals surface area contributed by atoms with E-state index in [2.05, 4.69) is 33.0 Å². The predicted molar refractivity (Wildman–Crippen MR) is 164 cm³/mol. The van der Waals surface area contributed by atoms with Gasteiger partial charge in [-0.15, -0.1) is 10.2 Å². The molecule has 5 aromatic rings. The lowest BCUT2D eigenvalue weighted by Crippen LogP contribution is -2.35. The van der Waals surface area contributed by atoms with Gasteiger partial charge in [-0.2, -0.15) is 0 Å². The molecular formula is C31H27Cl2N5OS. The first kappa shape index (κ1) is 27.8. The Hall–Kier alpha value is -3.78. The van der Waals surface area contributed by atoms with Crippen LogP contribution in [0.1, 0.15) is 28.6 Å². The zero-order chi connectivity index (χ0) is 27.9. The van der Waals surface area contributed by atoms with Gasteiger partial charge in [0.1, 0.15) is 0 Å². The fourth-order valence-electron chi connectivity index (χ4n) is 4.30. The van der Waals surface area contributed by atoms with E-state index in [0.717, 1.165) is 22.4 Å². The smallest absolute Gasteiger partial charge is 0.319 e. The topological polar surface area (TPSA) is 71.8 Å². The fraction of sp³-hybridized carbons (Fsp3) is 0.129. The lowest BCUT2D eigenvalue weighted by Gasteiger charge is -2.21. The average molecular weight is 589 g/mol. The maximum Gasteiger partial charge on any atom is 0.319 e. The van der Waals surface area contributed by atoms with Crippen molar-refractivity contribution in [3.63, 3.8) is 0 Å². The summed E-state index contributed by atoms with van der Waals surface area (Å²) in [5.74, 6) is 1.25. The Morgan fingerprint density at radius 2 is 1.55 bits per heavy atom. The highest BCUT2D eigenvalue weighted by Crippen LogP contribution is 2.33. The van der Waals surface area contributed by atoms with E-state index in [1.165, 1.54) is 0 Å². The summed E-state index contributed by atoms with van der Waals surface area (Å²) in [6, 6.07) is 32.2. The highest BCUT2D eigenvalue weighted by Gasteiger charge is 2.26. The molecule has 2 N–H and O–H groups in total. The van der Waals surface area contributed by atoms with Crippen LogP contribution in [0.25, 0.3) is 5.69 Å². The van der Waals surface area contributed by atoms with Crippen LogP contribution in [0.5, 0.6) is 0 Å². The minimum absolute atomic E-state index is 0.342. The number of hydrogen-bond acceptors (Lipinski definition) is 4. The van der Waals surface area contributed by atoms with Crippen molar-refractivity contribution in [3.8, 4) is 5.69 Å². The summed E-state index contributed by atoms with van der Waals surface area (Å²) >= 11 is 14.5. The Kier molecular flexibility index (Phi) is 9.06. The molecule has 1 atom stereocenters. The number of benzene rings is 4. The summed E-state index contributed by atoms with van der Waals surface area (Å²) in [7, 11) is 0. The zero-order valence-electron chi connectivity index (χ0n) is 21.7. The molecule has 0 aliphatic heterocycles. The molecule has 6 nitrogen and oxygen atoms in total. The number of rotatable bonds is 9. The zero-order valence-corrected chi connectivity index (χ0v) is 24.0. The first-order valence-corrected chi connectivity index (χ1v) is 14.5. The molecule has 202 valence electrons. The van der Waals surface area contributed by atoms with Gasteiger partial charge in [0.15, 0.2) is 11.0 Å². The van der Waals surface area contributed by atoms with E-state index in [1.807, 2.05) is 90.4 Å². The third kappa shape index (κ3) is 6.86. The molecule has 0 spiro atoms. The van der Waals surface area contributed by atoms with Crippen LogP contribution >= 0.6 is 35.0 Å². The average Bonchev–Trinajstić information content (AvgIpc) is 3.37. The number of thioether (sulfide) groups is 1. The van der Waals surface area contributed by atoms with Crippen molar-refractivity contribution in [2.24, 2.45) is 0 Å². The predicted octanol–water partition coefficient (Wildman–Crippen LogP) is 8.28. The number of nitrogens with zero attached hydrogens (tertiary/aromatic N) is 3. The molecule has 0 saturated carbocycles. The monoisotopic (exact) mass is 587 g/mol. The van der Waals surface area contributed by atoms with Crippen molar-refractivity contribution in [2.45, 2.75) is 30.3 Å². The van der Waals surface area contributed by atoms with Gasteiger partial charge in [0.05, 0.1) is 16.8 Å². The van der Waals surface area contributed by atoms with Crippen LogP contribution in [0.15, 0.2) is 108 Å². The van der Waals surface area contributed by atoms with Gasteiger partial charge in [0, 0.05) is 22.9 Å². The van der Waals surface area contributed by atoms with E-state index in [1.54, 1.807) is 23.9 Å². The van der Waals surface area contributed by atoms with Gasteiger partial charge >= 0.3 is 6.03 Å². The normalized spacial score (nSPS) is 11.7. The molecule has 2 amide bonds. The summed E-state index contributed by atoms with van der Waals surface area (Å²) in [5, 5.41) is 16.9. The molecule has 5 rings (SSSR count). The van der Waals surface area contributed by atoms with Crippen LogP contribution in [0.4, 0.5) is 10.5 Å². The van der Waals surface area contributed by atoms with Gasteiger partial charge in [0.2, 0.25) is 0 Å². The summed E-state index contributed by atoms with van der Waals surface area (Å²) in [6.07, 6.45) is 0.495. The molecule has 0 radical (unpaired) electrons. The molecule has 0 fully saturated rings. The number of carbonyl (C=O) groups is 1. The first-order valence-electron chi connectivity index (χ1n) is 12.7.